The van der Waals surface area contributed by atoms with Crippen LogP contribution in [0, 0.1) is 0 Å². The maximum Gasteiger partial charge on any atom is 0.222 e. The lowest BCUT2D eigenvalue weighted by atomic mass is 10.1. The summed E-state index contributed by atoms with van der Waals surface area (Å²) in [6, 6.07) is 0.728. The molecule has 0 aliphatic carbocycles. The normalized spacial score (nSPS) is 23.1. The molecule has 3 nitrogen and oxygen atoms in total. The smallest absolute Gasteiger partial charge is 0.222 e. The minimum atomic E-state index is 0.221. The van der Waals surface area contributed by atoms with Crippen LogP contribution in [0.2, 0.25) is 0 Å². The predicted molar refractivity (Wildman–Crippen MR) is 62.5 cm³/mol. The molecule has 1 aliphatic rings. The number of amides is 1. The topological polar surface area (TPSA) is 46.3 Å². The Labute approximate surface area is 93.0 Å². The van der Waals surface area contributed by atoms with Gasteiger partial charge in [0.25, 0.3) is 0 Å². The maximum absolute atomic E-state index is 11.9. The lowest BCUT2D eigenvalue weighted by molar-refractivity contribution is -0.132. The Morgan fingerprint density at radius 3 is 2.93 bits per heavy atom. The van der Waals surface area contributed by atoms with E-state index in [0.717, 1.165) is 25.8 Å². The molecule has 0 spiro atoms. The van der Waals surface area contributed by atoms with E-state index in [-0.39, 0.29) is 6.04 Å². The lowest BCUT2D eigenvalue weighted by Crippen LogP contribution is -2.35. The van der Waals surface area contributed by atoms with Crippen LogP contribution in [0.3, 0.4) is 0 Å². The van der Waals surface area contributed by atoms with Gasteiger partial charge in [-0.15, -0.1) is 0 Å². The van der Waals surface area contributed by atoms with Crippen molar-refractivity contribution in [3.8, 4) is 0 Å². The third-order valence-corrected chi connectivity index (χ3v) is 3.22. The number of nitrogens with zero attached hydrogens (tertiary/aromatic N) is 1. The van der Waals surface area contributed by atoms with Gasteiger partial charge in [-0.1, -0.05) is 6.92 Å². The number of hydrogen-bond acceptors (Lipinski definition) is 2. The number of nitrogens with two attached hydrogens (primary N) is 1. The summed E-state index contributed by atoms with van der Waals surface area (Å²) in [5.74, 6) is 0.333. The second-order valence-corrected chi connectivity index (χ2v) is 4.66. The minimum absolute atomic E-state index is 0.221. The largest absolute Gasteiger partial charge is 0.340 e. The van der Waals surface area contributed by atoms with Crippen LogP contribution in [0.1, 0.15) is 52.4 Å². The summed E-state index contributed by atoms with van der Waals surface area (Å²) in [5, 5.41) is 0. The van der Waals surface area contributed by atoms with Crippen LogP contribution < -0.4 is 5.73 Å². The molecule has 1 heterocycles. The molecule has 2 unspecified atom stereocenters. The summed E-state index contributed by atoms with van der Waals surface area (Å²) in [6.45, 7) is 5.13. The fraction of sp³-hybridized carbons (Fsp3) is 0.917. The van der Waals surface area contributed by atoms with E-state index in [0.29, 0.717) is 18.4 Å². The van der Waals surface area contributed by atoms with E-state index in [1.807, 2.05) is 6.92 Å². The lowest BCUT2D eigenvalue weighted by Gasteiger charge is -2.23. The molecule has 1 rings (SSSR count). The summed E-state index contributed by atoms with van der Waals surface area (Å²) in [7, 11) is 0. The van der Waals surface area contributed by atoms with Gasteiger partial charge in [-0.05, 0) is 39.0 Å². The first-order valence-corrected chi connectivity index (χ1v) is 6.20. The van der Waals surface area contributed by atoms with Crippen LogP contribution in [0.5, 0.6) is 0 Å². The standard InChI is InChI=1S/C12H24N2O/c1-3-11-7-5-9-14(11)12(15)8-4-6-10(2)13/h10-11H,3-9,13H2,1-2H3. The van der Waals surface area contributed by atoms with E-state index in [9.17, 15) is 4.79 Å². The summed E-state index contributed by atoms with van der Waals surface area (Å²) >= 11 is 0. The van der Waals surface area contributed by atoms with Gasteiger partial charge in [0.15, 0.2) is 0 Å². The molecule has 1 saturated heterocycles. The second kappa shape index (κ2) is 6.11. The summed E-state index contributed by atoms with van der Waals surface area (Å²) in [5.41, 5.74) is 5.66. The van der Waals surface area contributed by atoms with Crippen molar-refractivity contribution in [2.24, 2.45) is 5.73 Å². The monoisotopic (exact) mass is 212 g/mol. The molecule has 88 valence electrons. The van der Waals surface area contributed by atoms with Crippen LogP contribution in [0.4, 0.5) is 0 Å². The zero-order valence-electron chi connectivity index (χ0n) is 10.0. The molecule has 1 fully saturated rings. The van der Waals surface area contributed by atoms with Gasteiger partial charge >= 0.3 is 0 Å². The molecule has 3 heteroatoms. The van der Waals surface area contributed by atoms with E-state index in [1.54, 1.807) is 0 Å². The van der Waals surface area contributed by atoms with Crippen molar-refractivity contribution in [1.29, 1.82) is 0 Å². The van der Waals surface area contributed by atoms with Gasteiger partial charge in [0, 0.05) is 25.0 Å². The van der Waals surface area contributed by atoms with E-state index in [2.05, 4.69) is 11.8 Å². The van der Waals surface area contributed by atoms with Crippen LogP contribution in [-0.4, -0.2) is 29.4 Å². The number of rotatable bonds is 5. The summed E-state index contributed by atoms with van der Waals surface area (Å²) in [6.07, 6.45) is 6.03. The zero-order valence-corrected chi connectivity index (χ0v) is 10.0. The molecule has 1 aliphatic heterocycles. The van der Waals surface area contributed by atoms with Crippen LogP contribution in [-0.2, 0) is 4.79 Å². The van der Waals surface area contributed by atoms with Crippen molar-refractivity contribution in [2.75, 3.05) is 6.54 Å². The average molecular weight is 212 g/mol. The van der Waals surface area contributed by atoms with E-state index < -0.39 is 0 Å². The third-order valence-electron chi connectivity index (χ3n) is 3.22. The molecule has 0 saturated carbocycles. The van der Waals surface area contributed by atoms with Crippen molar-refractivity contribution in [1.82, 2.24) is 4.90 Å². The van der Waals surface area contributed by atoms with Crippen molar-refractivity contribution in [2.45, 2.75) is 64.5 Å². The van der Waals surface area contributed by atoms with Crippen molar-refractivity contribution in [3.05, 3.63) is 0 Å². The van der Waals surface area contributed by atoms with Gasteiger partial charge in [0.05, 0.1) is 0 Å². The highest BCUT2D eigenvalue weighted by molar-refractivity contribution is 5.76. The molecule has 0 aromatic rings. The first-order valence-electron chi connectivity index (χ1n) is 6.20. The average Bonchev–Trinajstić information content (AvgIpc) is 2.64. The van der Waals surface area contributed by atoms with Gasteiger partial charge < -0.3 is 10.6 Å². The predicted octanol–water partition coefficient (Wildman–Crippen LogP) is 1.90. The Morgan fingerprint density at radius 2 is 2.33 bits per heavy atom. The van der Waals surface area contributed by atoms with E-state index in [1.165, 1.54) is 12.8 Å². The van der Waals surface area contributed by atoms with Gasteiger partial charge in [0.1, 0.15) is 0 Å². The SMILES string of the molecule is CCC1CCCN1C(=O)CCCC(C)N. The van der Waals surface area contributed by atoms with Crippen molar-refractivity contribution < 1.29 is 4.79 Å². The highest BCUT2D eigenvalue weighted by Gasteiger charge is 2.26. The molecular weight excluding hydrogens is 188 g/mol. The summed E-state index contributed by atoms with van der Waals surface area (Å²) in [4.78, 5) is 14.0. The second-order valence-electron chi connectivity index (χ2n) is 4.66. The van der Waals surface area contributed by atoms with Gasteiger partial charge in [-0.3, -0.25) is 4.79 Å². The van der Waals surface area contributed by atoms with Crippen LogP contribution >= 0.6 is 0 Å². The summed E-state index contributed by atoms with van der Waals surface area (Å²) < 4.78 is 0. The molecule has 0 aromatic carbocycles. The number of carbonyl (C=O) groups excluding carboxylic acids is 1. The van der Waals surface area contributed by atoms with Gasteiger partial charge in [0.2, 0.25) is 5.91 Å². The molecule has 1 amide bonds. The van der Waals surface area contributed by atoms with Gasteiger partial charge in [-0.25, -0.2) is 0 Å². The molecule has 2 N–H and O–H groups in total. The molecule has 0 radical (unpaired) electrons. The molecule has 15 heavy (non-hydrogen) atoms. The third kappa shape index (κ3) is 3.82. The number of likely N-dealkylation sites (tertiary alicyclic amines) is 1. The molecule has 2 atom stereocenters. The quantitative estimate of drug-likeness (QED) is 0.756. The highest BCUT2D eigenvalue weighted by atomic mass is 16.2. The molecule has 0 aromatic heterocycles. The van der Waals surface area contributed by atoms with Crippen molar-refractivity contribution in [3.63, 3.8) is 0 Å². The Balaban J connectivity index is 2.27. The zero-order chi connectivity index (χ0) is 11.3. The Bertz CT molecular complexity index is 204. The number of hydrogen-bond donors (Lipinski definition) is 1. The Kier molecular flexibility index (Phi) is 5.09. The highest BCUT2D eigenvalue weighted by Crippen LogP contribution is 2.21. The fourth-order valence-electron chi connectivity index (χ4n) is 2.31. The van der Waals surface area contributed by atoms with Crippen LogP contribution in [0.15, 0.2) is 0 Å². The Hall–Kier alpha value is -0.570. The molecular formula is C12H24N2O. The minimum Gasteiger partial charge on any atom is -0.340 e. The van der Waals surface area contributed by atoms with Gasteiger partial charge in [-0.2, -0.15) is 0 Å². The first-order chi connectivity index (χ1) is 7.15. The van der Waals surface area contributed by atoms with Crippen LogP contribution in [0.25, 0.3) is 0 Å². The number of carbonyl (C=O) groups is 1. The Morgan fingerprint density at radius 1 is 1.60 bits per heavy atom. The maximum atomic E-state index is 11.9. The fourth-order valence-corrected chi connectivity index (χ4v) is 2.31. The van der Waals surface area contributed by atoms with Crippen molar-refractivity contribution >= 4 is 5.91 Å². The van der Waals surface area contributed by atoms with E-state index >= 15 is 0 Å². The molecule has 0 bridgehead atoms. The first kappa shape index (κ1) is 12.5. The van der Waals surface area contributed by atoms with E-state index in [4.69, 9.17) is 5.73 Å².